The molecule has 0 saturated carbocycles. The number of terminal acetylenes is 1. The normalized spacial score (nSPS) is 14.7. The van der Waals surface area contributed by atoms with Gasteiger partial charge in [0.1, 0.15) is 0 Å². The average Bonchev–Trinajstić information content (AvgIpc) is 2.69. The van der Waals surface area contributed by atoms with E-state index in [0.29, 0.717) is 11.1 Å². The summed E-state index contributed by atoms with van der Waals surface area (Å²) in [6.07, 6.45) is 5.04. The summed E-state index contributed by atoms with van der Waals surface area (Å²) in [4.78, 5) is 25.8. The Morgan fingerprint density at radius 2 is 1.70 bits per heavy atom. The van der Waals surface area contributed by atoms with Crippen LogP contribution in [0.2, 0.25) is 0 Å². The van der Waals surface area contributed by atoms with Gasteiger partial charge in [0.2, 0.25) is 10.0 Å². The van der Waals surface area contributed by atoms with E-state index in [2.05, 4.69) is 10.6 Å². The number of sulfonamides is 1. The van der Waals surface area contributed by atoms with Crippen LogP contribution in [-0.2, 0) is 10.0 Å². The first-order valence-electron chi connectivity index (χ1n) is 7.03. The van der Waals surface area contributed by atoms with Crippen molar-refractivity contribution in [1.29, 1.82) is 0 Å². The molecule has 0 radical (unpaired) electrons. The van der Waals surface area contributed by atoms with Crippen molar-refractivity contribution in [3.05, 3.63) is 35.4 Å². The van der Waals surface area contributed by atoms with E-state index >= 15 is 0 Å². The predicted octanol–water partition coefficient (Wildman–Crippen LogP) is 0.861. The Hall–Kier alpha value is -2.17. The molecule has 6 nitrogen and oxygen atoms in total. The first-order chi connectivity index (χ1) is 10.7. The summed E-state index contributed by atoms with van der Waals surface area (Å²) in [5.41, 5.74) is -0.114. The summed E-state index contributed by atoms with van der Waals surface area (Å²) in [6.45, 7) is 3.29. The van der Waals surface area contributed by atoms with Crippen LogP contribution >= 0.6 is 0 Å². The lowest BCUT2D eigenvalue weighted by atomic mass is 9.95. The highest BCUT2D eigenvalue weighted by atomic mass is 32.2. The Bertz CT molecular complexity index is 756. The molecule has 1 aromatic rings. The maximum atomic E-state index is 12.3. The van der Waals surface area contributed by atoms with Crippen molar-refractivity contribution >= 4 is 21.8 Å². The number of benzene rings is 1. The number of carbonyl (C=O) groups excluding carboxylic acids is 2. The monoisotopic (exact) mass is 334 g/mol. The minimum Gasteiger partial charge on any atom is -0.274 e. The number of hydrogen-bond donors (Lipinski definition) is 1. The summed E-state index contributed by atoms with van der Waals surface area (Å²) in [6, 6.07) is 6.56. The number of hydrogen-bond acceptors (Lipinski definition) is 4. The van der Waals surface area contributed by atoms with Crippen LogP contribution in [0.15, 0.2) is 24.3 Å². The highest BCUT2D eigenvalue weighted by molar-refractivity contribution is 7.89. The lowest BCUT2D eigenvalue weighted by molar-refractivity contribution is 0.0601. The molecular weight excluding hydrogens is 316 g/mol. The number of nitrogens with zero attached hydrogens (tertiary/aromatic N) is 1. The van der Waals surface area contributed by atoms with Crippen molar-refractivity contribution < 1.29 is 18.0 Å². The second kappa shape index (κ2) is 6.14. The zero-order valence-electron chi connectivity index (χ0n) is 13.0. The van der Waals surface area contributed by atoms with Gasteiger partial charge in [-0.3, -0.25) is 14.5 Å². The van der Waals surface area contributed by atoms with E-state index in [0.717, 1.165) is 4.90 Å². The van der Waals surface area contributed by atoms with Gasteiger partial charge in [0, 0.05) is 6.54 Å². The van der Waals surface area contributed by atoms with Crippen molar-refractivity contribution in [2.45, 2.75) is 13.8 Å². The Morgan fingerprint density at radius 3 is 2.17 bits per heavy atom. The maximum Gasteiger partial charge on any atom is 0.261 e. The molecule has 0 fully saturated rings. The topological polar surface area (TPSA) is 83.6 Å². The second-order valence-corrected chi connectivity index (χ2v) is 8.00. The molecule has 1 aliphatic heterocycles. The highest BCUT2D eigenvalue weighted by Gasteiger charge is 2.39. The number of carbonyl (C=O) groups is 2. The van der Waals surface area contributed by atoms with E-state index in [4.69, 9.17) is 6.42 Å². The minimum absolute atomic E-state index is 0.0102. The largest absolute Gasteiger partial charge is 0.274 e. The van der Waals surface area contributed by atoms with Gasteiger partial charge in [0.25, 0.3) is 11.8 Å². The number of nitrogens with one attached hydrogen (secondary N) is 1. The van der Waals surface area contributed by atoms with Gasteiger partial charge in [-0.2, -0.15) is 0 Å². The van der Waals surface area contributed by atoms with Gasteiger partial charge in [0.15, 0.2) is 0 Å². The molecule has 0 saturated heterocycles. The zero-order valence-corrected chi connectivity index (χ0v) is 13.8. The molecular formula is C16H18N2O4S. The van der Waals surface area contributed by atoms with Crippen LogP contribution < -0.4 is 4.72 Å². The third-order valence-corrected chi connectivity index (χ3v) is 5.18. The van der Waals surface area contributed by atoms with E-state index in [1.807, 2.05) is 0 Å². The summed E-state index contributed by atoms with van der Waals surface area (Å²) >= 11 is 0. The number of rotatable bonds is 6. The molecule has 1 heterocycles. The minimum atomic E-state index is -3.59. The van der Waals surface area contributed by atoms with E-state index < -0.39 is 27.3 Å². The molecule has 0 unspecified atom stereocenters. The van der Waals surface area contributed by atoms with Crippen molar-refractivity contribution in [2.75, 3.05) is 18.8 Å². The standard InChI is InChI=1S/C16H18N2O4S/c1-4-9-17-23(21,22)11-16(2,3)10-18-14(19)12-7-5-6-8-13(12)15(18)20/h1,5-8,17H,9-11H2,2-3H3. The Balaban J connectivity index is 2.15. The van der Waals surface area contributed by atoms with Crippen molar-refractivity contribution in [3.63, 3.8) is 0 Å². The Morgan fingerprint density at radius 1 is 1.17 bits per heavy atom. The summed E-state index contributed by atoms with van der Waals surface area (Å²) in [7, 11) is -3.59. The maximum absolute atomic E-state index is 12.3. The summed E-state index contributed by atoms with van der Waals surface area (Å²) < 4.78 is 26.2. The van der Waals surface area contributed by atoms with Gasteiger partial charge in [-0.1, -0.05) is 31.9 Å². The van der Waals surface area contributed by atoms with E-state index in [1.165, 1.54) is 0 Å². The first kappa shape index (κ1) is 17.2. The highest BCUT2D eigenvalue weighted by Crippen LogP contribution is 2.27. The van der Waals surface area contributed by atoms with E-state index in [1.54, 1.807) is 38.1 Å². The Kier molecular flexibility index (Phi) is 4.59. The predicted molar refractivity (Wildman–Crippen MR) is 86.2 cm³/mol. The molecule has 0 atom stereocenters. The van der Waals surface area contributed by atoms with Gasteiger partial charge < -0.3 is 0 Å². The fraction of sp³-hybridized carbons (Fsp3) is 0.375. The number of amides is 2. The molecule has 122 valence electrons. The van der Waals surface area contributed by atoms with Crippen LogP contribution in [-0.4, -0.2) is 44.0 Å². The van der Waals surface area contributed by atoms with Crippen molar-refractivity contribution in [1.82, 2.24) is 9.62 Å². The molecule has 0 aliphatic carbocycles. The van der Waals surface area contributed by atoms with Crippen LogP contribution in [0.5, 0.6) is 0 Å². The fourth-order valence-electron chi connectivity index (χ4n) is 2.57. The van der Waals surface area contributed by atoms with Gasteiger partial charge in [-0.15, -0.1) is 6.42 Å². The fourth-order valence-corrected chi connectivity index (χ4v) is 4.10. The smallest absolute Gasteiger partial charge is 0.261 e. The van der Waals surface area contributed by atoms with Gasteiger partial charge in [-0.25, -0.2) is 13.1 Å². The molecule has 2 rings (SSSR count). The third kappa shape index (κ3) is 3.78. The second-order valence-electron chi connectivity index (χ2n) is 6.19. The third-order valence-electron chi connectivity index (χ3n) is 3.44. The lowest BCUT2D eigenvalue weighted by Crippen LogP contribution is -2.43. The SMILES string of the molecule is C#CCNS(=O)(=O)CC(C)(C)CN1C(=O)c2ccccc2C1=O. The lowest BCUT2D eigenvalue weighted by Gasteiger charge is -2.28. The molecule has 23 heavy (non-hydrogen) atoms. The van der Waals surface area contributed by atoms with Crippen molar-refractivity contribution in [3.8, 4) is 12.3 Å². The van der Waals surface area contributed by atoms with Crippen LogP contribution in [0.4, 0.5) is 0 Å². The Labute approximate surface area is 135 Å². The van der Waals surface area contributed by atoms with E-state index in [9.17, 15) is 18.0 Å². The van der Waals surface area contributed by atoms with Gasteiger partial charge in [-0.05, 0) is 17.5 Å². The van der Waals surface area contributed by atoms with Gasteiger partial charge in [0.05, 0.1) is 23.4 Å². The van der Waals surface area contributed by atoms with Crippen LogP contribution in [0.25, 0.3) is 0 Å². The number of fused-ring (bicyclic) bond motifs is 1. The molecule has 7 heteroatoms. The van der Waals surface area contributed by atoms with E-state index in [-0.39, 0.29) is 18.8 Å². The number of imide groups is 1. The average molecular weight is 334 g/mol. The van der Waals surface area contributed by atoms with Crippen LogP contribution in [0, 0.1) is 17.8 Å². The molecule has 2 amide bonds. The van der Waals surface area contributed by atoms with Crippen LogP contribution in [0.3, 0.4) is 0 Å². The van der Waals surface area contributed by atoms with Crippen LogP contribution in [0.1, 0.15) is 34.6 Å². The quantitative estimate of drug-likeness (QED) is 0.618. The molecule has 1 aromatic carbocycles. The molecule has 0 bridgehead atoms. The van der Waals surface area contributed by atoms with Crippen molar-refractivity contribution in [2.24, 2.45) is 5.41 Å². The first-order valence-corrected chi connectivity index (χ1v) is 8.68. The molecule has 1 aliphatic rings. The molecule has 0 spiro atoms. The molecule has 0 aromatic heterocycles. The van der Waals surface area contributed by atoms with Gasteiger partial charge >= 0.3 is 0 Å². The zero-order chi connectivity index (χ0) is 17.3. The summed E-state index contributed by atoms with van der Waals surface area (Å²) in [5.74, 6) is 1.17. The molecule has 1 N–H and O–H groups in total. The summed E-state index contributed by atoms with van der Waals surface area (Å²) in [5, 5.41) is 0.